The molecule has 0 saturated heterocycles. The topological polar surface area (TPSA) is 23.5 Å². The Morgan fingerprint density at radius 3 is 2.38 bits per heavy atom. The van der Waals surface area contributed by atoms with Crippen LogP contribution in [0, 0.1) is 12.3 Å². The molecule has 0 aromatic rings. The van der Waals surface area contributed by atoms with Crippen LogP contribution in [-0.2, 0) is 0 Å². The molecule has 76 valence electrons. The lowest BCUT2D eigenvalue weighted by Crippen LogP contribution is -2.33. The summed E-state index contributed by atoms with van der Waals surface area (Å²) >= 11 is 0. The number of rotatable bonds is 7. The summed E-state index contributed by atoms with van der Waals surface area (Å²) in [5.41, 5.74) is 0. The Balaban J connectivity index is 3.62. The SMILES string of the molecule is C#CCCCN(CCCO)C(C)C. The Labute approximate surface area is 81.9 Å². The first-order chi connectivity index (χ1) is 6.22. The van der Waals surface area contributed by atoms with Gasteiger partial charge in [-0.25, -0.2) is 0 Å². The third kappa shape index (κ3) is 6.62. The Hall–Kier alpha value is -0.520. The number of nitrogens with zero attached hydrogens (tertiary/aromatic N) is 1. The van der Waals surface area contributed by atoms with Crippen molar-refractivity contribution in [3.8, 4) is 12.3 Å². The summed E-state index contributed by atoms with van der Waals surface area (Å²) in [4.78, 5) is 2.35. The fraction of sp³-hybridized carbons (Fsp3) is 0.818. The Morgan fingerprint density at radius 1 is 1.31 bits per heavy atom. The minimum Gasteiger partial charge on any atom is -0.396 e. The highest BCUT2D eigenvalue weighted by Crippen LogP contribution is 2.02. The van der Waals surface area contributed by atoms with Gasteiger partial charge in [-0.1, -0.05) is 0 Å². The first-order valence-corrected chi connectivity index (χ1v) is 5.00. The van der Waals surface area contributed by atoms with Crippen LogP contribution in [0.1, 0.15) is 33.1 Å². The molecular weight excluding hydrogens is 162 g/mol. The number of terminal acetylenes is 1. The second-order valence-electron chi connectivity index (χ2n) is 3.51. The van der Waals surface area contributed by atoms with E-state index in [1.165, 1.54) is 0 Å². The van der Waals surface area contributed by atoms with Crippen molar-refractivity contribution in [2.45, 2.75) is 39.2 Å². The quantitative estimate of drug-likeness (QED) is 0.477. The van der Waals surface area contributed by atoms with Gasteiger partial charge in [0.15, 0.2) is 0 Å². The van der Waals surface area contributed by atoms with Crippen LogP contribution in [0.5, 0.6) is 0 Å². The maximum Gasteiger partial charge on any atom is 0.0443 e. The van der Waals surface area contributed by atoms with Crippen LogP contribution in [0.4, 0.5) is 0 Å². The Kier molecular flexibility index (Phi) is 7.77. The van der Waals surface area contributed by atoms with Crippen LogP contribution in [-0.4, -0.2) is 35.7 Å². The molecule has 13 heavy (non-hydrogen) atoms. The Bertz CT molecular complexity index is 149. The predicted molar refractivity (Wildman–Crippen MR) is 56.5 cm³/mol. The lowest BCUT2D eigenvalue weighted by Gasteiger charge is -2.25. The van der Waals surface area contributed by atoms with E-state index in [0.29, 0.717) is 6.04 Å². The highest BCUT2D eigenvalue weighted by molar-refractivity contribution is 4.83. The van der Waals surface area contributed by atoms with Crippen molar-refractivity contribution < 1.29 is 5.11 Å². The third-order valence-electron chi connectivity index (χ3n) is 2.10. The average molecular weight is 183 g/mol. The molecule has 0 saturated carbocycles. The van der Waals surface area contributed by atoms with Gasteiger partial charge < -0.3 is 10.0 Å². The van der Waals surface area contributed by atoms with E-state index in [1.807, 2.05) is 0 Å². The van der Waals surface area contributed by atoms with Crippen molar-refractivity contribution >= 4 is 0 Å². The number of aliphatic hydroxyl groups excluding tert-OH is 1. The van der Waals surface area contributed by atoms with Crippen LogP contribution in [0.3, 0.4) is 0 Å². The van der Waals surface area contributed by atoms with Crippen molar-refractivity contribution in [3.05, 3.63) is 0 Å². The molecule has 0 aromatic heterocycles. The van der Waals surface area contributed by atoms with Crippen molar-refractivity contribution in [1.82, 2.24) is 4.90 Å². The summed E-state index contributed by atoms with van der Waals surface area (Å²) in [6, 6.07) is 0.546. The monoisotopic (exact) mass is 183 g/mol. The molecule has 0 aliphatic rings. The fourth-order valence-electron chi connectivity index (χ4n) is 1.29. The molecule has 0 spiro atoms. The molecule has 2 heteroatoms. The molecule has 0 atom stereocenters. The highest BCUT2D eigenvalue weighted by atomic mass is 16.3. The second kappa shape index (κ2) is 8.10. The van der Waals surface area contributed by atoms with E-state index in [1.54, 1.807) is 0 Å². The number of unbranched alkanes of at least 4 members (excludes halogenated alkanes) is 1. The summed E-state index contributed by atoms with van der Waals surface area (Å²) in [6.07, 6.45) is 7.94. The van der Waals surface area contributed by atoms with Crippen molar-refractivity contribution in [1.29, 1.82) is 0 Å². The molecule has 0 unspecified atom stereocenters. The maximum absolute atomic E-state index is 8.71. The van der Waals surface area contributed by atoms with Crippen LogP contribution >= 0.6 is 0 Å². The first-order valence-electron chi connectivity index (χ1n) is 5.00. The van der Waals surface area contributed by atoms with Crippen LogP contribution in [0.2, 0.25) is 0 Å². The van der Waals surface area contributed by atoms with E-state index < -0.39 is 0 Å². The van der Waals surface area contributed by atoms with E-state index in [-0.39, 0.29) is 6.61 Å². The van der Waals surface area contributed by atoms with Gasteiger partial charge in [0.05, 0.1) is 0 Å². The van der Waals surface area contributed by atoms with E-state index in [2.05, 4.69) is 24.7 Å². The molecule has 0 aliphatic heterocycles. The molecular formula is C11H21NO. The van der Waals surface area contributed by atoms with Crippen LogP contribution in [0.25, 0.3) is 0 Å². The second-order valence-corrected chi connectivity index (χ2v) is 3.51. The van der Waals surface area contributed by atoms with Gasteiger partial charge in [0.1, 0.15) is 0 Å². The molecule has 0 heterocycles. The number of aliphatic hydroxyl groups is 1. The molecule has 0 rings (SSSR count). The molecule has 0 fully saturated rings. The summed E-state index contributed by atoms with van der Waals surface area (Å²) in [5.74, 6) is 2.64. The lowest BCUT2D eigenvalue weighted by atomic mass is 10.2. The molecule has 0 aromatic carbocycles. The standard InChI is InChI=1S/C11H21NO/c1-4-5-6-8-12(11(2)3)9-7-10-13/h1,11,13H,5-10H2,2-3H3. The Morgan fingerprint density at radius 2 is 1.92 bits per heavy atom. The van der Waals surface area contributed by atoms with E-state index >= 15 is 0 Å². The van der Waals surface area contributed by atoms with E-state index in [9.17, 15) is 0 Å². The first kappa shape index (κ1) is 12.5. The van der Waals surface area contributed by atoms with E-state index in [0.717, 1.165) is 32.4 Å². The van der Waals surface area contributed by atoms with Gasteiger partial charge in [-0.05, 0) is 33.2 Å². The van der Waals surface area contributed by atoms with Gasteiger partial charge in [0.2, 0.25) is 0 Å². The normalized spacial score (nSPS) is 10.8. The van der Waals surface area contributed by atoms with Gasteiger partial charge in [0, 0.05) is 25.6 Å². The number of hydrogen-bond donors (Lipinski definition) is 1. The largest absolute Gasteiger partial charge is 0.396 e. The number of hydrogen-bond acceptors (Lipinski definition) is 2. The molecule has 2 nitrogen and oxygen atoms in total. The van der Waals surface area contributed by atoms with Crippen LogP contribution < -0.4 is 0 Å². The van der Waals surface area contributed by atoms with Gasteiger partial charge >= 0.3 is 0 Å². The zero-order valence-corrected chi connectivity index (χ0v) is 8.79. The van der Waals surface area contributed by atoms with Crippen molar-refractivity contribution in [2.75, 3.05) is 19.7 Å². The minimum absolute atomic E-state index is 0.276. The molecule has 0 radical (unpaired) electrons. The van der Waals surface area contributed by atoms with Gasteiger partial charge in [0.25, 0.3) is 0 Å². The maximum atomic E-state index is 8.71. The summed E-state index contributed by atoms with van der Waals surface area (Å²) in [5, 5.41) is 8.71. The summed E-state index contributed by atoms with van der Waals surface area (Å²) in [6.45, 7) is 6.64. The average Bonchev–Trinajstić information content (AvgIpc) is 2.10. The van der Waals surface area contributed by atoms with Gasteiger partial charge in [-0.2, -0.15) is 0 Å². The fourth-order valence-corrected chi connectivity index (χ4v) is 1.29. The summed E-state index contributed by atoms with van der Waals surface area (Å²) in [7, 11) is 0. The lowest BCUT2D eigenvalue weighted by molar-refractivity contribution is 0.190. The molecule has 0 aliphatic carbocycles. The minimum atomic E-state index is 0.276. The van der Waals surface area contributed by atoms with E-state index in [4.69, 9.17) is 11.5 Å². The molecule has 0 bridgehead atoms. The smallest absolute Gasteiger partial charge is 0.0443 e. The molecule has 1 N–H and O–H groups in total. The van der Waals surface area contributed by atoms with Crippen molar-refractivity contribution in [3.63, 3.8) is 0 Å². The zero-order valence-electron chi connectivity index (χ0n) is 8.79. The van der Waals surface area contributed by atoms with Gasteiger partial charge in [-0.3, -0.25) is 0 Å². The van der Waals surface area contributed by atoms with Crippen molar-refractivity contribution in [2.24, 2.45) is 0 Å². The zero-order chi connectivity index (χ0) is 10.1. The highest BCUT2D eigenvalue weighted by Gasteiger charge is 2.07. The van der Waals surface area contributed by atoms with Gasteiger partial charge in [-0.15, -0.1) is 12.3 Å². The third-order valence-corrected chi connectivity index (χ3v) is 2.10. The summed E-state index contributed by atoms with van der Waals surface area (Å²) < 4.78 is 0. The molecule has 0 amide bonds. The van der Waals surface area contributed by atoms with Crippen LogP contribution in [0.15, 0.2) is 0 Å². The predicted octanol–water partition coefficient (Wildman–Crippen LogP) is 1.49.